The summed E-state index contributed by atoms with van der Waals surface area (Å²) < 4.78 is 9.12. The van der Waals surface area contributed by atoms with Gasteiger partial charge < -0.3 is 8.98 Å². The molecule has 0 bridgehead atoms. The molecule has 0 atom stereocenters. The molecule has 262 valence electrons. The topological polar surface area (TPSA) is 56.7 Å². The molecule has 0 unspecified atom stereocenters. The zero-order valence-corrected chi connectivity index (χ0v) is 30.3. The molecule has 5 nitrogen and oxygen atoms in total. The van der Waals surface area contributed by atoms with E-state index in [-0.39, 0.29) is 0 Å². The number of hydrogen-bond acceptors (Lipinski definition) is 4. The Bertz CT molecular complexity index is 3280. The third-order valence-electron chi connectivity index (χ3n) is 11.5. The van der Waals surface area contributed by atoms with E-state index in [1.54, 1.807) is 0 Å². The lowest BCUT2D eigenvalue weighted by Gasteiger charge is -2.18. The molecule has 0 amide bonds. The molecule has 56 heavy (non-hydrogen) atoms. The monoisotopic (exact) mass is 716 g/mol. The van der Waals surface area contributed by atoms with Crippen molar-refractivity contribution >= 4 is 59.9 Å². The van der Waals surface area contributed by atoms with Gasteiger partial charge in [-0.3, -0.25) is 0 Å². The maximum atomic E-state index is 6.70. The molecule has 0 N–H and O–H groups in total. The van der Waals surface area contributed by atoms with E-state index in [0.29, 0.717) is 17.5 Å². The van der Waals surface area contributed by atoms with Gasteiger partial charge in [0.15, 0.2) is 17.5 Å². The first-order chi connectivity index (χ1) is 27.8. The van der Waals surface area contributed by atoms with Crippen molar-refractivity contribution < 1.29 is 4.42 Å². The van der Waals surface area contributed by atoms with Crippen LogP contribution in [0.1, 0.15) is 23.3 Å². The van der Waals surface area contributed by atoms with Gasteiger partial charge in [0.1, 0.15) is 11.3 Å². The van der Waals surface area contributed by atoms with Gasteiger partial charge in [-0.15, -0.1) is 0 Å². The van der Waals surface area contributed by atoms with Crippen LogP contribution in [-0.2, 0) is 6.42 Å². The van der Waals surface area contributed by atoms with Crippen molar-refractivity contribution in [2.45, 2.75) is 12.8 Å². The van der Waals surface area contributed by atoms with E-state index in [1.807, 2.05) is 60.7 Å². The summed E-state index contributed by atoms with van der Waals surface area (Å²) in [5.74, 6) is 2.93. The number of rotatable bonds is 5. The molecule has 3 heterocycles. The number of benzene rings is 8. The van der Waals surface area contributed by atoms with E-state index in [2.05, 4.69) is 114 Å². The molecular formula is C51H32N4O. The molecule has 0 spiro atoms. The first kappa shape index (κ1) is 31.0. The fraction of sp³-hybridized carbons (Fsp3) is 0.0392. The van der Waals surface area contributed by atoms with Crippen molar-refractivity contribution in [3.8, 4) is 39.9 Å². The Hall–Kier alpha value is -7.37. The summed E-state index contributed by atoms with van der Waals surface area (Å²) in [6, 6.07) is 57.7. The number of fused-ring (bicyclic) bond motifs is 6. The summed E-state index contributed by atoms with van der Waals surface area (Å²) in [6.45, 7) is 0. The maximum absolute atomic E-state index is 6.70. The number of para-hydroxylation sites is 1. The van der Waals surface area contributed by atoms with Crippen molar-refractivity contribution in [1.29, 1.82) is 0 Å². The van der Waals surface area contributed by atoms with E-state index < -0.39 is 0 Å². The number of furan rings is 1. The molecule has 8 aromatic carbocycles. The Morgan fingerprint density at radius 3 is 1.80 bits per heavy atom. The van der Waals surface area contributed by atoms with Gasteiger partial charge in [0.05, 0.1) is 11.0 Å². The quantitative estimate of drug-likeness (QED) is 0.166. The maximum Gasteiger partial charge on any atom is 0.164 e. The van der Waals surface area contributed by atoms with E-state index in [1.165, 1.54) is 54.5 Å². The van der Waals surface area contributed by atoms with Gasteiger partial charge in [-0.05, 0) is 76.2 Å². The molecule has 1 aliphatic carbocycles. The van der Waals surface area contributed by atoms with Crippen LogP contribution >= 0.6 is 0 Å². The minimum atomic E-state index is 0.627. The van der Waals surface area contributed by atoms with Gasteiger partial charge in [-0.25, -0.2) is 15.0 Å². The van der Waals surface area contributed by atoms with Crippen LogP contribution in [-0.4, -0.2) is 19.5 Å². The third-order valence-corrected chi connectivity index (χ3v) is 11.5. The van der Waals surface area contributed by atoms with Crippen LogP contribution < -0.4 is 0 Å². The van der Waals surface area contributed by atoms with Crippen LogP contribution in [0.5, 0.6) is 0 Å². The molecule has 0 aliphatic heterocycles. The smallest absolute Gasteiger partial charge is 0.164 e. The lowest BCUT2D eigenvalue weighted by molar-refractivity contribution is 0.545. The van der Waals surface area contributed by atoms with Crippen molar-refractivity contribution in [3.05, 3.63) is 187 Å². The number of aromatic nitrogens is 4. The van der Waals surface area contributed by atoms with Crippen molar-refractivity contribution in [2.24, 2.45) is 0 Å². The van der Waals surface area contributed by atoms with E-state index in [4.69, 9.17) is 19.4 Å². The summed E-state index contributed by atoms with van der Waals surface area (Å²) in [7, 11) is 0. The SMILES string of the molecule is C1=C(c2ccc3c4c2c2ccccc2c2cccc(c24)n3-c2ccccc2)c2c(oc3ccc(-c4nc(-c5ccccc5)nc(-c5ccccc5)n4)cc23)CC1. The first-order valence-corrected chi connectivity index (χ1v) is 19.2. The summed E-state index contributed by atoms with van der Waals surface area (Å²) in [6.07, 6.45) is 4.16. The van der Waals surface area contributed by atoms with Gasteiger partial charge in [-0.1, -0.05) is 127 Å². The molecule has 0 fully saturated rings. The Morgan fingerprint density at radius 1 is 0.464 bits per heavy atom. The van der Waals surface area contributed by atoms with Gasteiger partial charge in [0.25, 0.3) is 0 Å². The average Bonchev–Trinajstić information content (AvgIpc) is 3.83. The number of aryl methyl sites for hydroxylation is 1. The van der Waals surface area contributed by atoms with E-state index >= 15 is 0 Å². The van der Waals surface area contributed by atoms with Crippen LogP contribution in [0.4, 0.5) is 0 Å². The standard InChI is InChI=1S/C51H32N4O/c1-4-14-31(15-5-1)49-52-50(32-16-6-2-7-17-32)54-51(53-49)33-26-29-43-40(30-33)45-38(23-13-25-44(45)56-43)39-27-28-42-48-46(39)36-21-11-10-20-35(36)37-22-12-24-41(47(37)48)55(42)34-18-8-3-9-19-34/h1-12,14-24,26-30H,13,25H2. The number of nitrogens with zero attached hydrogens (tertiary/aromatic N) is 4. The normalized spacial score (nSPS) is 13.0. The molecule has 0 saturated carbocycles. The molecule has 0 saturated heterocycles. The zero-order chi connectivity index (χ0) is 36.7. The lowest BCUT2D eigenvalue weighted by Crippen LogP contribution is -2.01. The Kier molecular flexibility index (Phi) is 6.69. The van der Waals surface area contributed by atoms with Crippen LogP contribution in [0.2, 0.25) is 0 Å². The highest BCUT2D eigenvalue weighted by Crippen LogP contribution is 2.49. The second-order valence-electron chi connectivity index (χ2n) is 14.6. The minimum Gasteiger partial charge on any atom is -0.460 e. The Labute approximate surface area is 322 Å². The molecular weight excluding hydrogens is 685 g/mol. The van der Waals surface area contributed by atoms with Crippen molar-refractivity contribution in [2.75, 3.05) is 0 Å². The fourth-order valence-corrected chi connectivity index (χ4v) is 9.06. The lowest BCUT2D eigenvalue weighted by atomic mass is 9.84. The Balaban J connectivity index is 1.10. The highest BCUT2D eigenvalue weighted by molar-refractivity contribution is 6.36. The fourth-order valence-electron chi connectivity index (χ4n) is 9.06. The van der Waals surface area contributed by atoms with Gasteiger partial charge in [0, 0.05) is 55.9 Å². The highest BCUT2D eigenvalue weighted by atomic mass is 16.3. The highest BCUT2D eigenvalue weighted by Gasteiger charge is 2.27. The van der Waals surface area contributed by atoms with Gasteiger partial charge in [-0.2, -0.15) is 0 Å². The average molecular weight is 717 g/mol. The van der Waals surface area contributed by atoms with Crippen molar-refractivity contribution in [1.82, 2.24) is 19.5 Å². The van der Waals surface area contributed by atoms with Crippen LogP contribution in [0, 0.1) is 0 Å². The molecule has 0 radical (unpaired) electrons. The molecule has 12 rings (SSSR count). The van der Waals surface area contributed by atoms with Crippen LogP contribution in [0.15, 0.2) is 174 Å². The van der Waals surface area contributed by atoms with E-state index in [0.717, 1.165) is 57.5 Å². The van der Waals surface area contributed by atoms with Crippen molar-refractivity contribution in [3.63, 3.8) is 0 Å². The summed E-state index contributed by atoms with van der Waals surface area (Å²) in [4.78, 5) is 15.1. The van der Waals surface area contributed by atoms with Crippen LogP contribution in [0.3, 0.4) is 0 Å². The third kappa shape index (κ3) is 4.58. The predicted octanol–water partition coefficient (Wildman–Crippen LogP) is 12.8. The minimum absolute atomic E-state index is 0.627. The van der Waals surface area contributed by atoms with Gasteiger partial charge in [0.2, 0.25) is 0 Å². The molecule has 11 aromatic rings. The molecule has 5 heteroatoms. The second kappa shape index (κ2) is 12.1. The van der Waals surface area contributed by atoms with Gasteiger partial charge >= 0.3 is 0 Å². The molecule has 3 aromatic heterocycles. The zero-order valence-electron chi connectivity index (χ0n) is 30.3. The summed E-state index contributed by atoms with van der Waals surface area (Å²) in [5.41, 5.74) is 10.8. The number of hydrogen-bond donors (Lipinski definition) is 0. The first-order valence-electron chi connectivity index (χ1n) is 19.2. The molecule has 1 aliphatic rings. The Morgan fingerprint density at radius 2 is 1.07 bits per heavy atom. The summed E-state index contributed by atoms with van der Waals surface area (Å²) >= 11 is 0. The predicted molar refractivity (Wildman–Crippen MR) is 228 cm³/mol. The van der Waals surface area contributed by atoms with E-state index in [9.17, 15) is 0 Å². The second-order valence-corrected chi connectivity index (χ2v) is 14.6. The summed E-state index contributed by atoms with van der Waals surface area (Å²) in [5, 5.41) is 8.74. The van der Waals surface area contributed by atoms with Crippen LogP contribution in [0.25, 0.3) is 99.7 Å². The number of allylic oxidation sites excluding steroid dienone is 1. The largest absolute Gasteiger partial charge is 0.460 e.